The molecule has 108 valence electrons. The molecule has 6 heteroatoms. The van der Waals surface area contributed by atoms with Gasteiger partial charge in [-0.25, -0.2) is 4.98 Å². The smallest absolute Gasteiger partial charge is 0.244 e. The highest BCUT2D eigenvalue weighted by atomic mass is 35.5. The molecule has 1 aromatic carbocycles. The topological polar surface area (TPSA) is 38.1 Å². The lowest BCUT2D eigenvalue weighted by molar-refractivity contribution is -0.131. The van der Waals surface area contributed by atoms with Crippen molar-refractivity contribution in [2.75, 3.05) is 20.0 Å². The molecule has 1 heterocycles. The van der Waals surface area contributed by atoms with E-state index < -0.39 is 0 Å². The van der Waals surface area contributed by atoms with Gasteiger partial charge in [0.2, 0.25) is 5.91 Å². The molecule has 0 aliphatic carbocycles. The van der Waals surface area contributed by atoms with Crippen molar-refractivity contribution in [2.24, 2.45) is 0 Å². The Morgan fingerprint density at radius 1 is 1.45 bits per heavy atom. The minimum atomic E-state index is -0.325. The summed E-state index contributed by atoms with van der Waals surface area (Å²) < 4.78 is 1.94. The van der Waals surface area contributed by atoms with Gasteiger partial charge in [0, 0.05) is 31.4 Å². The summed E-state index contributed by atoms with van der Waals surface area (Å²) in [6.45, 7) is 1.87. The zero-order chi connectivity index (χ0) is 14.9. The first-order valence-electron chi connectivity index (χ1n) is 6.39. The lowest BCUT2D eigenvalue weighted by atomic mass is 10.2. The average molecular weight is 314 g/mol. The molecule has 0 N–H and O–H groups in total. The van der Waals surface area contributed by atoms with Gasteiger partial charge in [-0.1, -0.05) is 11.6 Å². The van der Waals surface area contributed by atoms with Crippen LogP contribution >= 0.6 is 23.2 Å². The number of alkyl halides is 1. The van der Waals surface area contributed by atoms with Gasteiger partial charge in [0.1, 0.15) is 11.9 Å². The van der Waals surface area contributed by atoms with E-state index in [9.17, 15) is 4.79 Å². The van der Waals surface area contributed by atoms with Crippen molar-refractivity contribution < 1.29 is 4.79 Å². The number of imidazole rings is 1. The van der Waals surface area contributed by atoms with Crippen LogP contribution in [0, 0.1) is 0 Å². The highest BCUT2D eigenvalue weighted by Crippen LogP contribution is 2.25. The second kappa shape index (κ2) is 6.02. The van der Waals surface area contributed by atoms with Crippen LogP contribution in [0.15, 0.2) is 18.2 Å². The molecule has 0 bridgehead atoms. The van der Waals surface area contributed by atoms with Gasteiger partial charge in [0.25, 0.3) is 0 Å². The molecule has 0 fully saturated rings. The van der Waals surface area contributed by atoms with Gasteiger partial charge in [-0.05, 0) is 25.1 Å². The summed E-state index contributed by atoms with van der Waals surface area (Å²) in [6.07, 6.45) is 0.610. The minimum Gasteiger partial charge on any atom is -0.347 e. The van der Waals surface area contributed by atoms with Gasteiger partial charge in [0.15, 0.2) is 0 Å². The number of rotatable bonds is 4. The quantitative estimate of drug-likeness (QED) is 0.813. The number of carbonyl (C=O) groups is 1. The minimum absolute atomic E-state index is 0.0232. The number of likely N-dealkylation sites (N-methyl/N-ethyl adjacent to an activating group) is 1. The summed E-state index contributed by atoms with van der Waals surface area (Å²) in [5.74, 6) is 1.29. The summed E-state index contributed by atoms with van der Waals surface area (Å²) in [4.78, 5) is 18.4. The van der Waals surface area contributed by atoms with Gasteiger partial charge < -0.3 is 9.47 Å². The van der Waals surface area contributed by atoms with Crippen LogP contribution in [-0.2, 0) is 11.2 Å². The first kappa shape index (κ1) is 15.1. The number of aryl methyl sites for hydroxylation is 1. The van der Waals surface area contributed by atoms with E-state index in [4.69, 9.17) is 23.2 Å². The first-order chi connectivity index (χ1) is 9.45. The molecule has 1 amide bonds. The van der Waals surface area contributed by atoms with E-state index in [0.717, 1.165) is 16.9 Å². The largest absolute Gasteiger partial charge is 0.347 e. The van der Waals surface area contributed by atoms with E-state index in [1.165, 1.54) is 0 Å². The maximum Gasteiger partial charge on any atom is 0.244 e. The molecule has 4 nitrogen and oxygen atoms in total. The van der Waals surface area contributed by atoms with Gasteiger partial charge in [-0.15, -0.1) is 11.6 Å². The van der Waals surface area contributed by atoms with Crippen molar-refractivity contribution in [2.45, 2.75) is 19.4 Å². The molecule has 0 aliphatic heterocycles. The van der Waals surface area contributed by atoms with Crippen molar-refractivity contribution in [3.8, 4) is 0 Å². The molecular formula is C14H17Cl2N3O. The molecule has 1 unspecified atom stereocenters. The standard InChI is InChI=1S/C14H17Cl2N3O/c1-9(14(20)18(2)3)19-12-5-4-10(16)8-11(12)17-13(19)6-7-15/h4-5,8-9H,6-7H2,1-3H3. The number of nitrogens with zero attached hydrogens (tertiary/aromatic N) is 3. The number of aromatic nitrogens is 2. The Hall–Kier alpha value is -1.26. The fourth-order valence-electron chi connectivity index (χ4n) is 2.30. The Balaban J connectivity index is 2.59. The van der Waals surface area contributed by atoms with Crippen LogP contribution in [0.1, 0.15) is 18.8 Å². The van der Waals surface area contributed by atoms with Crippen LogP contribution in [0.3, 0.4) is 0 Å². The maximum atomic E-state index is 12.2. The molecule has 0 saturated carbocycles. The van der Waals surface area contributed by atoms with Gasteiger partial charge in [-0.3, -0.25) is 4.79 Å². The molecule has 0 saturated heterocycles. The third-order valence-electron chi connectivity index (χ3n) is 3.23. The van der Waals surface area contributed by atoms with Crippen molar-refractivity contribution >= 4 is 40.1 Å². The Morgan fingerprint density at radius 3 is 2.75 bits per heavy atom. The molecule has 0 radical (unpaired) electrons. The number of halogens is 2. The predicted molar refractivity (Wildman–Crippen MR) is 82.6 cm³/mol. The third-order valence-corrected chi connectivity index (χ3v) is 3.65. The first-order valence-corrected chi connectivity index (χ1v) is 7.30. The van der Waals surface area contributed by atoms with E-state index in [-0.39, 0.29) is 11.9 Å². The van der Waals surface area contributed by atoms with Crippen LogP contribution < -0.4 is 0 Å². The number of hydrogen-bond acceptors (Lipinski definition) is 2. The van der Waals surface area contributed by atoms with E-state index in [1.54, 1.807) is 31.1 Å². The van der Waals surface area contributed by atoms with Crippen LogP contribution in [0.5, 0.6) is 0 Å². The third kappa shape index (κ3) is 2.76. The van der Waals surface area contributed by atoms with Crippen molar-refractivity contribution in [1.82, 2.24) is 14.5 Å². The number of amides is 1. The normalized spacial score (nSPS) is 12.7. The Labute approximate surface area is 128 Å². The van der Waals surface area contributed by atoms with Crippen LogP contribution in [0.4, 0.5) is 0 Å². The second-order valence-electron chi connectivity index (χ2n) is 4.88. The summed E-state index contributed by atoms with van der Waals surface area (Å²) in [6, 6.07) is 5.17. The molecule has 20 heavy (non-hydrogen) atoms. The van der Waals surface area contributed by atoms with E-state index in [1.807, 2.05) is 17.6 Å². The SMILES string of the molecule is CC(C(=O)N(C)C)n1c(CCCl)nc2cc(Cl)ccc21. The molecule has 2 rings (SSSR count). The Morgan fingerprint density at radius 2 is 2.15 bits per heavy atom. The fraction of sp³-hybridized carbons (Fsp3) is 0.429. The molecule has 1 atom stereocenters. The number of benzene rings is 1. The average Bonchev–Trinajstić information content (AvgIpc) is 2.74. The van der Waals surface area contributed by atoms with E-state index in [2.05, 4.69) is 4.98 Å². The predicted octanol–water partition coefficient (Wildman–Crippen LogP) is 3.12. The number of fused-ring (bicyclic) bond motifs is 1. The summed E-state index contributed by atoms with van der Waals surface area (Å²) in [7, 11) is 3.49. The Kier molecular flexibility index (Phi) is 4.55. The van der Waals surface area contributed by atoms with Crippen LogP contribution in [-0.4, -0.2) is 40.3 Å². The molecule has 0 aliphatic rings. The lowest BCUT2D eigenvalue weighted by Crippen LogP contribution is -2.30. The summed E-state index contributed by atoms with van der Waals surface area (Å²) >= 11 is 11.8. The molecule has 2 aromatic rings. The van der Waals surface area contributed by atoms with E-state index >= 15 is 0 Å². The lowest BCUT2D eigenvalue weighted by Gasteiger charge is -2.20. The molecule has 1 aromatic heterocycles. The van der Waals surface area contributed by atoms with Crippen molar-refractivity contribution in [1.29, 1.82) is 0 Å². The van der Waals surface area contributed by atoms with Gasteiger partial charge in [-0.2, -0.15) is 0 Å². The Bertz CT molecular complexity index is 637. The highest BCUT2D eigenvalue weighted by Gasteiger charge is 2.22. The van der Waals surface area contributed by atoms with Crippen LogP contribution in [0.25, 0.3) is 11.0 Å². The molecule has 0 spiro atoms. The summed E-state index contributed by atoms with van der Waals surface area (Å²) in [5.41, 5.74) is 1.69. The summed E-state index contributed by atoms with van der Waals surface area (Å²) in [5, 5.41) is 0.631. The zero-order valence-electron chi connectivity index (χ0n) is 11.7. The van der Waals surface area contributed by atoms with Gasteiger partial charge in [0.05, 0.1) is 11.0 Å². The van der Waals surface area contributed by atoms with Crippen molar-refractivity contribution in [3.05, 3.63) is 29.0 Å². The molecular weight excluding hydrogens is 297 g/mol. The highest BCUT2D eigenvalue weighted by molar-refractivity contribution is 6.31. The van der Waals surface area contributed by atoms with Gasteiger partial charge >= 0.3 is 0 Å². The monoisotopic (exact) mass is 313 g/mol. The van der Waals surface area contributed by atoms with Crippen molar-refractivity contribution in [3.63, 3.8) is 0 Å². The maximum absolute atomic E-state index is 12.2. The number of hydrogen-bond donors (Lipinski definition) is 0. The van der Waals surface area contributed by atoms with Crippen LogP contribution in [0.2, 0.25) is 5.02 Å². The van der Waals surface area contributed by atoms with E-state index in [0.29, 0.717) is 17.3 Å². The number of carbonyl (C=O) groups excluding carboxylic acids is 1. The zero-order valence-corrected chi connectivity index (χ0v) is 13.2. The second-order valence-corrected chi connectivity index (χ2v) is 5.69. The fourth-order valence-corrected chi connectivity index (χ4v) is 2.63.